The summed E-state index contributed by atoms with van der Waals surface area (Å²) in [5.41, 5.74) is 3.20. The van der Waals surface area contributed by atoms with Crippen molar-refractivity contribution in [2.24, 2.45) is 5.41 Å². The van der Waals surface area contributed by atoms with E-state index in [-0.39, 0.29) is 17.7 Å². The molecule has 4 rings (SSSR count). The van der Waals surface area contributed by atoms with E-state index in [0.29, 0.717) is 23.3 Å². The van der Waals surface area contributed by atoms with Crippen LogP contribution in [0.1, 0.15) is 75.1 Å². The van der Waals surface area contributed by atoms with Crippen molar-refractivity contribution in [3.63, 3.8) is 0 Å². The minimum Gasteiger partial charge on any atom is -0.515 e. The summed E-state index contributed by atoms with van der Waals surface area (Å²) in [4.78, 5) is 32.0. The van der Waals surface area contributed by atoms with E-state index in [9.17, 15) is 19.8 Å². The second-order valence-electron chi connectivity index (χ2n) is 10.8. The van der Waals surface area contributed by atoms with Gasteiger partial charge in [-0.25, -0.2) is 4.79 Å². The van der Waals surface area contributed by atoms with Crippen molar-refractivity contribution in [1.29, 1.82) is 0 Å². The smallest absolute Gasteiger partial charge is 0.408 e. The zero-order chi connectivity index (χ0) is 24.1. The highest BCUT2D eigenvalue weighted by molar-refractivity contribution is 6.11. The Kier molecular flexibility index (Phi) is 5.59. The predicted molar refractivity (Wildman–Crippen MR) is 128 cm³/mol. The van der Waals surface area contributed by atoms with Crippen molar-refractivity contribution in [2.75, 3.05) is 0 Å². The highest BCUT2D eigenvalue weighted by Crippen LogP contribution is 2.47. The van der Waals surface area contributed by atoms with Gasteiger partial charge in [-0.05, 0) is 51.7 Å². The lowest BCUT2D eigenvalue weighted by atomic mass is 9.69. The number of hydrogen-bond donors (Lipinski definition) is 2. The standard InChI is InChI=1S/C27H32N2O4/c1-26(2,3)29(25(32)33)22-12-11-17(22)23-18(16-9-7-6-8-10-16)13-19-21(28-23)14-27(4,5)20(15-30)24(19)31/h6-10,13,15,17,22,30H,11-12,14H2,1-5H3,(H,32,33). The third-order valence-corrected chi connectivity index (χ3v) is 7.02. The van der Waals surface area contributed by atoms with Crippen molar-refractivity contribution < 1.29 is 19.8 Å². The molecule has 6 nitrogen and oxygen atoms in total. The fourth-order valence-corrected chi connectivity index (χ4v) is 5.27. The molecular weight excluding hydrogens is 416 g/mol. The van der Waals surface area contributed by atoms with Gasteiger partial charge < -0.3 is 10.2 Å². The summed E-state index contributed by atoms with van der Waals surface area (Å²) in [6.45, 7) is 9.61. The van der Waals surface area contributed by atoms with Crippen molar-refractivity contribution in [3.05, 3.63) is 65.2 Å². The number of rotatable bonds is 3. The largest absolute Gasteiger partial charge is 0.515 e. The van der Waals surface area contributed by atoms with Gasteiger partial charge in [-0.15, -0.1) is 0 Å². The van der Waals surface area contributed by atoms with E-state index in [4.69, 9.17) is 4.98 Å². The van der Waals surface area contributed by atoms with Gasteiger partial charge in [0.2, 0.25) is 0 Å². The number of pyridine rings is 1. The molecule has 0 saturated heterocycles. The highest BCUT2D eigenvalue weighted by Gasteiger charge is 2.46. The van der Waals surface area contributed by atoms with Gasteiger partial charge in [0.25, 0.3) is 0 Å². The first-order chi connectivity index (χ1) is 15.5. The molecule has 2 aliphatic rings. The Balaban J connectivity index is 1.88. The monoisotopic (exact) mass is 448 g/mol. The van der Waals surface area contributed by atoms with Crippen molar-refractivity contribution in [3.8, 4) is 11.1 Å². The average molecular weight is 449 g/mol. The second kappa shape index (κ2) is 8.01. The number of aromatic nitrogens is 1. The highest BCUT2D eigenvalue weighted by atomic mass is 16.4. The summed E-state index contributed by atoms with van der Waals surface area (Å²) in [5.74, 6) is -0.249. The lowest BCUT2D eigenvalue weighted by Gasteiger charge is -2.49. The van der Waals surface area contributed by atoms with Crippen LogP contribution in [0.15, 0.2) is 48.2 Å². The molecule has 6 heteroatoms. The Labute approximate surface area is 195 Å². The fraction of sp³-hybridized carbons (Fsp3) is 0.444. The number of amides is 1. The number of benzene rings is 1. The van der Waals surface area contributed by atoms with E-state index in [0.717, 1.165) is 35.9 Å². The number of Topliss-reactive ketones (excluding diaryl/α,β-unsaturated/α-hetero) is 1. The Hall–Kier alpha value is -3.15. The maximum absolute atomic E-state index is 13.3. The number of carboxylic acid groups (broad SMARTS) is 1. The van der Waals surface area contributed by atoms with Crippen LogP contribution in [0.3, 0.4) is 0 Å². The minimum atomic E-state index is -0.926. The molecule has 0 bridgehead atoms. The molecular formula is C27H32N2O4. The molecule has 1 fully saturated rings. The molecule has 2 N–H and O–H groups in total. The number of allylic oxidation sites excluding steroid dienone is 1. The molecule has 0 aliphatic heterocycles. The van der Waals surface area contributed by atoms with E-state index in [1.54, 1.807) is 4.90 Å². The third-order valence-electron chi connectivity index (χ3n) is 7.02. The van der Waals surface area contributed by atoms with Gasteiger partial charge in [-0.3, -0.25) is 14.7 Å². The Morgan fingerprint density at radius 3 is 2.33 bits per heavy atom. The molecule has 2 aromatic rings. The third kappa shape index (κ3) is 3.92. The normalized spacial score (nSPS) is 23.1. The molecule has 2 unspecified atom stereocenters. The molecule has 1 amide bonds. The molecule has 0 spiro atoms. The summed E-state index contributed by atoms with van der Waals surface area (Å²) in [5, 5.41) is 19.7. The van der Waals surface area contributed by atoms with E-state index >= 15 is 0 Å². The first kappa shape index (κ1) is 23.0. The van der Waals surface area contributed by atoms with Crippen LogP contribution in [0.5, 0.6) is 0 Å². The van der Waals surface area contributed by atoms with Crippen LogP contribution in [0.4, 0.5) is 4.79 Å². The maximum Gasteiger partial charge on any atom is 0.408 e. The molecule has 1 heterocycles. The number of carbonyl (C=O) groups is 2. The van der Waals surface area contributed by atoms with E-state index in [1.807, 2.05) is 71.0 Å². The van der Waals surface area contributed by atoms with Gasteiger partial charge in [0.05, 0.1) is 17.6 Å². The van der Waals surface area contributed by atoms with Crippen LogP contribution in [0.2, 0.25) is 0 Å². The summed E-state index contributed by atoms with van der Waals surface area (Å²) < 4.78 is 0. The zero-order valence-corrected chi connectivity index (χ0v) is 19.9. The number of aliphatic hydroxyl groups is 1. The molecule has 2 aliphatic carbocycles. The Bertz CT molecular complexity index is 1130. The van der Waals surface area contributed by atoms with Crippen LogP contribution < -0.4 is 0 Å². The van der Waals surface area contributed by atoms with Gasteiger partial charge in [-0.1, -0.05) is 44.2 Å². The first-order valence-corrected chi connectivity index (χ1v) is 11.5. The van der Waals surface area contributed by atoms with Crippen LogP contribution in [-0.4, -0.2) is 43.6 Å². The number of ketones is 1. The maximum atomic E-state index is 13.3. The summed E-state index contributed by atoms with van der Waals surface area (Å²) in [7, 11) is 0. The molecule has 0 radical (unpaired) electrons. The lowest BCUT2D eigenvalue weighted by molar-refractivity contribution is 0.0287. The van der Waals surface area contributed by atoms with Gasteiger partial charge >= 0.3 is 6.09 Å². The van der Waals surface area contributed by atoms with Crippen LogP contribution in [0.25, 0.3) is 11.1 Å². The zero-order valence-electron chi connectivity index (χ0n) is 19.9. The predicted octanol–water partition coefficient (Wildman–Crippen LogP) is 5.98. The Morgan fingerprint density at radius 2 is 1.82 bits per heavy atom. The van der Waals surface area contributed by atoms with E-state index in [2.05, 4.69) is 0 Å². The SMILES string of the molecule is CC1(C)Cc2nc(C3CCC3N(C(=O)O)C(C)(C)C)c(-c3ccccc3)cc2C(=O)C1=CO. The fourth-order valence-electron chi connectivity index (χ4n) is 5.27. The van der Waals surface area contributed by atoms with Crippen molar-refractivity contribution in [1.82, 2.24) is 9.88 Å². The summed E-state index contributed by atoms with van der Waals surface area (Å²) in [6, 6.07) is 11.5. The lowest BCUT2D eigenvalue weighted by Crippen LogP contribution is -2.56. The molecule has 33 heavy (non-hydrogen) atoms. The summed E-state index contributed by atoms with van der Waals surface area (Å²) in [6.07, 6.45) is 2.16. The van der Waals surface area contributed by atoms with E-state index in [1.165, 1.54) is 0 Å². The van der Waals surface area contributed by atoms with Gasteiger partial charge in [-0.2, -0.15) is 0 Å². The average Bonchev–Trinajstić information content (AvgIpc) is 2.70. The molecule has 2 atom stereocenters. The first-order valence-electron chi connectivity index (χ1n) is 11.5. The number of nitrogens with zero attached hydrogens (tertiary/aromatic N) is 2. The van der Waals surface area contributed by atoms with E-state index < -0.39 is 17.0 Å². The summed E-state index contributed by atoms with van der Waals surface area (Å²) >= 11 is 0. The van der Waals surface area contributed by atoms with Crippen LogP contribution in [0, 0.1) is 5.41 Å². The number of hydrogen-bond acceptors (Lipinski definition) is 4. The molecule has 174 valence electrons. The van der Waals surface area contributed by atoms with Crippen LogP contribution >= 0.6 is 0 Å². The van der Waals surface area contributed by atoms with Gasteiger partial charge in [0.1, 0.15) is 0 Å². The quantitative estimate of drug-likeness (QED) is 0.445. The van der Waals surface area contributed by atoms with Crippen LogP contribution in [-0.2, 0) is 6.42 Å². The molecule has 1 aromatic carbocycles. The number of fused-ring (bicyclic) bond motifs is 1. The van der Waals surface area contributed by atoms with Gasteiger partial charge in [0, 0.05) is 39.6 Å². The van der Waals surface area contributed by atoms with Crippen molar-refractivity contribution >= 4 is 11.9 Å². The molecule has 1 saturated carbocycles. The Morgan fingerprint density at radius 1 is 1.15 bits per heavy atom. The van der Waals surface area contributed by atoms with Gasteiger partial charge in [0.15, 0.2) is 5.78 Å². The van der Waals surface area contributed by atoms with Crippen molar-refractivity contribution in [2.45, 2.75) is 71.4 Å². The second-order valence-corrected chi connectivity index (χ2v) is 10.8. The molecule has 1 aromatic heterocycles. The number of carbonyl (C=O) groups excluding carboxylic acids is 1. The topological polar surface area (TPSA) is 90.7 Å². The minimum absolute atomic E-state index is 0.0474. The number of aliphatic hydroxyl groups excluding tert-OH is 1.